The van der Waals surface area contributed by atoms with Gasteiger partial charge in [-0.3, -0.25) is 4.55 Å². The lowest BCUT2D eigenvalue weighted by molar-refractivity contribution is 0.456. The van der Waals surface area contributed by atoms with Crippen molar-refractivity contribution in [1.82, 2.24) is 0 Å². The van der Waals surface area contributed by atoms with Gasteiger partial charge in [-0.25, -0.2) is 0 Å². The number of phenolic OH excluding ortho intramolecular Hbond substituents is 2. The second-order valence-corrected chi connectivity index (χ2v) is 9.28. The molecule has 3 rings (SSSR count). The molecular formula is C19H12Cl4O5S. The van der Waals surface area contributed by atoms with Crippen LogP contribution in [0.5, 0.6) is 11.5 Å². The van der Waals surface area contributed by atoms with E-state index in [-0.39, 0.29) is 48.3 Å². The van der Waals surface area contributed by atoms with Gasteiger partial charge in [-0.05, 0) is 24.3 Å². The third-order valence-electron chi connectivity index (χ3n) is 4.39. The molecule has 0 heterocycles. The molecule has 0 amide bonds. The number of hydrogen-bond acceptors (Lipinski definition) is 4. The van der Waals surface area contributed by atoms with E-state index < -0.39 is 14.9 Å². The van der Waals surface area contributed by atoms with Gasteiger partial charge in [0.05, 0.1) is 5.02 Å². The standard InChI is InChI=1S/C19H12Cl4O5S/c20-14-4-2-1-3-11(14)19(29(26,27)28,12-6-5-10(24)7-15(12)21)13-8-17(23)18(25)9-16(13)22/h1-9,24-25H,(H,26,27,28). The lowest BCUT2D eigenvalue weighted by atomic mass is 9.83. The Labute approximate surface area is 186 Å². The summed E-state index contributed by atoms with van der Waals surface area (Å²) in [4.78, 5) is 0. The van der Waals surface area contributed by atoms with Gasteiger partial charge in [0.1, 0.15) is 11.5 Å². The fourth-order valence-electron chi connectivity index (χ4n) is 3.19. The van der Waals surface area contributed by atoms with Crippen LogP contribution in [0, 0.1) is 0 Å². The van der Waals surface area contributed by atoms with Crippen LogP contribution >= 0.6 is 46.4 Å². The predicted octanol–water partition coefficient (Wildman–Crippen LogP) is 5.89. The average molecular weight is 494 g/mol. The summed E-state index contributed by atoms with van der Waals surface area (Å²) in [5, 5.41) is 19.0. The fraction of sp³-hybridized carbons (Fsp3) is 0.0526. The molecule has 3 aromatic carbocycles. The van der Waals surface area contributed by atoms with Gasteiger partial charge < -0.3 is 10.2 Å². The van der Waals surface area contributed by atoms with E-state index in [9.17, 15) is 23.2 Å². The molecule has 0 fully saturated rings. The highest BCUT2D eigenvalue weighted by Gasteiger charge is 2.52. The number of halogens is 4. The molecule has 0 aliphatic rings. The lowest BCUT2D eigenvalue weighted by Crippen LogP contribution is -2.39. The van der Waals surface area contributed by atoms with Crippen LogP contribution in [0.1, 0.15) is 16.7 Å². The first-order valence-electron chi connectivity index (χ1n) is 7.89. The quantitative estimate of drug-likeness (QED) is 0.311. The second-order valence-electron chi connectivity index (χ2n) is 6.08. The molecule has 152 valence electrons. The third kappa shape index (κ3) is 3.65. The zero-order valence-electron chi connectivity index (χ0n) is 14.3. The van der Waals surface area contributed by atoms with Crippen LogP contribution in [0.2, 0.25) is 20.1 Å². The molecule has 0 saturated carbocycles. The minimum absolute atomic E-state index is 0.00506. The van der Waals surface area contributed by atoms with Gasteiger partial charge in [0.15, 0.2) is 4.75 Å². The monoisotopic (exact) mass is 492 g/mol. The van der Waals surface area contributed by atoms with Crippen LogP contribution in [0.3, 0.4) is 0 Å². The van der Waals surface area contributed by atoms with Crippen molar-refractivity contribution in [2.75, 3.05) is 0 Å². The second kappa shape index (κ2) is 7.87. The van der Waals surface area contributed by atoms with Gasteiger partial charge in [-0.1, -0.05) is 70.7 Å². The van der Waals surface area contributed by atoms with Crippen molar-refractivity contribution in [3.05, 3.63) is 91.4 Å². The van der Waals surface area contributed by atoms with E-state index in [0.717, 1.165) is 18.2 Å². The molecule has 0 aromatic heterocycles. The van der Waals surface area contributed by atoms with E-state index in [0.29, 0.717) is 0 Å². The van der Waals surface area contributed by atoms with Crippen molar-refractivity contribution in [2.24, 2.45) is 0 Å². The Balaban J connectivity index is 2.63. The highest BCUT2D eigenvalue weighted by molar-refractivity contribution is 7.87. The maximum atomic E-state index is 13.0. The summed E-state index contributed by atoms with van der Waals surface area (Å²) in [5.41, 5.74) is -0.373. The molecule has 10 heteroatoms. The number of phenols is 2. The van der Waals surface area contributed by atoms with Crippen molar-refractivity contribution in [1.29, 1.82) is 0 Å². The molecule has 3 aromatic rings. The van der Waals surface area contributed by atoms with Crippen molar-refractivity contribution in [2.45, 2.75) is 4.75 Å². The molecule has 29 heavy (non-hydrogen) atoms. The van der Waals surface area contributed by atoms with Gasteiger partial charge in [0.25, 0.3) is 10.1 Å². The zero-order valence-corrected chi connectivity index (χ0v) is 18.1. The molecule has 0 aliphatic heterocycles. The smallest absolute Gasteiger partial charge is 0.283 e. The Morgan fingerprint density at radius 2 is 1.28 bits per heavy atom. The summed E-state index contributed by atoms with van der Waals surface area (Å²) in [6.07, 6.45) is 0. The Hall–Kier alpha value is -1.67. The predicted molar refractivity (Wildman–Crippen MR) is 114 cm³/mol. The number of rotatable bonds is 4. The van der Waals surface area contributed by atoms with Gasteiger partial charge in [-0.2, -0.15) is 8.42 Å². The minimum Gasteiger partial charge on any atom is -0.508 e. The third-order valence-corrected chi connectivity index (χ3v) is 7.08. The normalized spacial score (nSPS) is 13.8. The van der Waals surface area contributed by atoms with E-state index >= 15 is 0 Å². The summed E-state index contributed by atoms with van der Waals surface area (Å²) < 4.78 is 34.1. The van der Waals surface area contributed by atoms with E-state index in [2.05, 4.69) is 0 Å². The first-order chi connectivity index (χ1) is 13.5. The molecule has 5 nitrogen and oxygen atoms in total. The highest BCUT2D eigenvalue weighted by atomic mass is 35.5. The SMILES string of the molecule is O=S(=O)(O)C(c1ccccc1Cl)(c1ccc(O)cc1Cl)c1cc(Cl)c(O)cc1Cl. The first-order valence-corrected chi connectivity index (χ1v) is 10.8. The number of hydrogen-bond donors (Lipinski definition) is 3. The molecule has 1 atom stereocenters. The van der Waals surface area contributed by atoms with Crippen LogP contribution in [0.25, 0.3) is 0 Å². The largest absolute Gasteiger partial charge is 0.508 e. The van der Waals surface area contributed by atoms with E-state index in [1.165, 1.54) is 30.3 Å². The highest BCUT2D eigenvalue weighted by Crippen LogP contribution is 2.52. The van der Waals surface area contributed by atoms with E-state index in [1.807, 2.05) is 0 Å². The van der Waals surface area contributed by atoms with Crippen LogP contribution in [0.15, 0.2) is 54.6 Å². The van der Waals surface area contributed by atoms with Crippen LogP contribution in [-0.2, 0) is 14.9 Å². The van der Waals surface area contributed by atoms with Gasteiger partial charge in [0.2, 0.25) is 0 Å². The Morgan fingerprint density at radius 1 is 0.690 bits per heavy atom. The summed E-state index contributed by atoms with van der Waals surface area (Å²) in [7, 11) is -5.07. The molecule has 0 saturated heterocycles. The van der Waals surface area contributed by atoms with E-state index in [4.69, 9.17) is 46.4 Å². The topological polar surface area (TPSA) is 94.8 Å². The first kappa shape index (κ1) is 22.0. The molecule has 0 spiro atoms. The van der Waals surface area contributed by atoms with Crippen molar-refractivity contribution >= 4 is 56.5 Å². The van der Waals surface area contributed by atoms with Crippen LogP contribution in [0.4, 0.5) is 0 Å². The van der Waals surface area contributed by atoms with Crippen LogP contribution < -0.4 is 0 Å². The Bertz CT molecular complexity index is 1210. The van der Waals surface area contributed by atoms with Crippen LogP contribution in [-0.4, -0.2) is 23.2 Å². The number of benzene rings is 3. The Kier molecular flexibility index (Phi) is 5.98. The molecule has 0 radical (unpaired) electrons. The van der Waals surface area contributed by atoms with Crippen molar-refractivity contribution in [3.8, 4) is 11.5 Å². The maximum absolute atomic E-state index is 13.0. The molecule has 3 N–H and O–H groups in total. The minimum atomic E-state index is -5.07. The fourth-order valence-corrected chi connectivity index (χ4v) is 5.78. The lowest BCUT2D eigenvalue weighted by Gasteiger charge is -2.34. The van der Waals surface area contributed by atoms with Crippen molar-refractivity contribution < 1.29 is 23.2 Å². The molecule has 0 aliphatic carbocycles. The summed E-state index contributed by atoms with van der Waals surface area (Å²) >= 11 is 24.9. The maximum Gasteiger partial charge on any atom is 0.283 e. The Morgan fingerprint density at radius 3 is 1.86 bits per heavy atom. The molecule has 1 unspecified atom stereocenters. The van der Waals surface area contributed by atoms with Gasteiger partial charge in [0, 0.05) is 37.8 Å². The van der Waals surface area contributed by atoms with Gasteiger partial charge in [-0.15, -0.1) is 0 Å². The summed E-state index contributed by atoms with van der Waals surface area (Å²) in [6, 6.07) is 11.6. The summed E-state index contributed by atoms with van der Waals surface area (Å²) in [5.74, 6) is -0.613. The van der Waals surface area contributed by atoms with Crippen molar-refractivity contribution in [3.63, 3.8) is 0 Å². The molecular weight excluding hydrogens is 482 g/mol. The van der Waals surface area contributed by atoms with Gasteiger partial charge >= 0.3 is 0 Å². The zero-order chi connectivity index (χ0) is 21.6. The summed E-state index contributed by atoms with van der Waals surface area (Å²) in [6.45, 7) is 0. The number of aromatic hydroxyl groups is 2. The van der Waals surface area contributed by atoms with E-state index in [1.54, 1.807) is 6.07 Å². The molecule has 0 bridgehead atoms. The average Bonchev–Trinajstić information content (AvgIpc) is 2.61.